The van der Waals surface area contributed by atoms with Crippen molar-refractivity contribution >= 4 is 21.6 Å². The molecule has 2 N–H and O–H groups in total. The second-order valence-electron chi connectivity index (χ2n) is 4.17. The van der Waals surface area contributed by atoms with Gasteiger partial charge in [0, 0.05) is 18.0 Å². The molecule has 0 radical (unpaired) electrons. The van der Waals surface area contributed by atoms with Gasteiger partial charge in [0.1, 0.15) is 0 Å². The number of hydrogen-bond acceptors (Lipinski definition) is 2. The molecule has 0 aliphatic carbocycles. The maximum atomic E-state index is 11.9. The Morgan fingerprint density at radius 3 is 2.65 bits per heavy atom. The van der Waals surface area contributed by atoms with Crippen LogP contribution in [0, 0.1) is 0 Å². The van der Waals surface area contributed by atoms with Crippen molar-refractivity contribution in [1.82, 2.24) is 4.72 Å². The van der Waals surface area contributed by atoms with E-state index < -0.39 is 10.0 Å². The van der Waals surface area contributed by atoms with Crippen molar-refractivity contribution in [3.8, 4) is 0 Å². The van der Waals surface area contributed by atoms with Crippen LogP contribution in [0.15, 0.2) is 29.2 Å². The Kier molecular flexibility index (Phi) is 5.39. The minimum absolute atomic E-state index is 0.210. The summed E-state index contributed by atoms with van der Waals surface area (Å²) in [6.07, 6.45) is 0.808. The molecule has 0 aromatic heterocycles. The highest BCUT2D eigenvalue weighted by molar-refractivity contribution is 7.89. The molecule has 0 heterocycles. The molecule has 0 aliphatic rings. The average Bonchev–Trinajstić information content (AvgIpc) is 2.24. The van der Waals surface area contributed by atoms with Crippen LogP contribution in [0.25, 0.3) is 0 Å². The van der Waals surface area contributed by atoms with Gasteiger partial charge in [-0.1, -0.05) is 17.7 Å². The fourth-order valence-corrected chi connectivity index (χ4v) is 2.74. The molecule has 0 spiro atoms. The van der Waals surface area contributed by atoms with Crippen LogP contribution in [0.3, 0.4) is 0 Å². The number of hydrogen-bond donors (Lipinski definition) is 2. The van der Waals surface area contributed by atoms with Gasteiger partial charge in [0.2, 0.25) is 10.0 Å². The van der Waals surface area contributed by atoms with E-state index in [1.807, 2.05) is 14.1 Å². The topological polar surface area (TPSA) is 50.6 Å². The summed E-state index contributed by atoms with van der Waals surface area (Å²) in [5.41, 5.74) is 0. The molecule has 0 atom stereocenters. The molecule has 0 unspecified atom stereocenters. The number of nitrogens with one attached hydrogen (secondary N) is 2. The highest BCUT2D eigenvalue weighted by Crippen LogP contribution is 2.14. The zero-order valence-electron chi connectivity index (χ0n) is 10.0. The summed E-state index contributed by atoms with van der Waals surface area (Å²) < 4.78 is 26.3. The Balaban J connectivity index is 2.57. The van der Waals surface area contributed by atoms with Gasteiger partial charge < -0.3 is 4.90 Å². The molecule has 4 nitrogen and oxygen atoms in total. The van der Waals surface area contributed by atoms with E-state index in [4.69, 9.17) is 11.6 Å². The minimum atomic E-state index is -3.42. The lowest BCUT2D eigenvalue weighted by Gasteiger charge is -2.09. The lowest BCUT2D eigenvalue weighted by molar-refractivity contribution is -0.858. The SMILES string of the molecule is C[NH+](C)CCCNS(=O)(=O)c1cccc(Cl)c1. The number of benzene rings is 1. The van der Waals surface area contributed by atoms with Crippen molar-refractivity contribution in [3.05, 3.63) is 29.3 Å². The van der Waals surface area contributed by atoms with Crippen molar-refractivity contribution in [2.75, 3.05) is 27.2 Å². The van der Waals surface area contributed by atoms with E-state index in [-0.39, 0.29) is 4.90 Å². The maximum Gasteiger partial charge on any atom is 0.240 e. The van der Waals surface area contributed by atoms with Crippen LogP contribution >= 0.6 is 11.6 Å². The molecule has 0 fully saturated rings. The summed E-state index contributed by atoms with van der Waals surface area (Å²) in [6, 6.07) is 6.25. The molecule has 0 amide bonds. The van der Waals surface area contributed by atoms with Crippen LogP contribution in [-0.4, -0.2) is 35.6 Å². The largest absolute Gasteiger partial charge is 0.340 e. The van der Waals surface area contributed by atoms with Gasteiger partial charge >= 0.3 is 0 Å². The summed E-state index contributed by atoms with van der Waals surface area (Å²) in [6.45, 7) is 1.37. The van der Waals surface area contributed by atoms with Crippen LogP contribution in [0.5, 0.6) is 0 Å². The Morgan fingerprint density at radius 1 is 1.35 bits per heavy atom. The summed E-state index contributed by atoms with van der Waals surface area (Å²) in [7, 11) is 0.642. The Morgan fingerprint density at radius 2 is 2.06 bits per heavy atom. The summed E-state index contributed by atoms with van der Waals surface area (Å²) in [5.74, 6) is 0. The first kappa shape index (κ1) is 14.4. The van der Waals surface area contributed by atoms with Gasteiger partial charge in [-0.05, 0) is 18.2 Å². The number of quaternary nitrogens is 1. The quantitative estimate of drug-likeness (QED) is 0.728. The van der Waals surface area contributed by atoms with Gasteiger partial charge in [0.25, 0.3) is 0 Å². The first-order valence-electron chi connectivity index (χ1n) is 5.46. The van der Waals surface area contributed by atoms with Gasteiger partial charge in [-0.15, -0.1) is 0 Å². The van der Waals surface area contributed by atoms with E-state index in [1.165, 1.54) is 17.0 Å². The molecular formula is C11H18ClN2O2S+. The third-order valence-corrected chi connectivity index (χ3v) is 3.95. The molecule has 6 heteroatoms. The van der Waals surface area contributed by atoms with Gasteiger partial charge in [-0.2, -0.15) is 0 Å². The Hall–Kier alpha value is -0.620. The third-order valence-electron chi connectivity index (χ3n) is 2.25. The van der Waals surface area contributed by atoms with E-state index in [2.05, 4.69) is 4.72 Å². The van der Waals surface area contributed by atoms with E-state index in [1.54, 1.807) is 12.1 Å². The molecule has 0 saturated heterocycles. The molecule has 1 aromatic carbocycles. The average molecular weight is 278 g/mol. The predicted octanol–water partition coefficient (Wildman–Crippen LogP) is 0.153. The Labute approximate surface area is 108 Å². The lowest BCUT2D eigenvalue weighted by atomic mass is 10.4. The molecule has 1 aromatic rings. The van der Waals surface area contributed by atoms with Crippen LogP contribution in [0.2, 0.25) is 5.02 Å². The van der Waals surface area contributed by atoms with Gasteiger partial charge in [-0.3, -0.25) is 0 Å². The van der Waals surface area contributed by atoms with Crippen molar-refractivity contribution in [1.29, 1.82) is 0 Å². The highest BCUT2D eigenvalue weighted by Gasteiger charge is 2.13. The number of rotatable bonds is 6. The number of halogens is 1. The molecule has 17 heavy (non-hydrogen) atoms. The van der Waals surface area contributed by atoms with E-state index in [9.17, 15) is 8.42 Å². The van der Waals surface area contributed by atoms with Crippen molar-refractivity contribution in [2.24, 2.45) is 0 Å². The smallest absolute Gasteiger partial charge is 0.240 e. The molecule has 1 rings (SSSR count). The van der Waals surface area contributed by atoms with Gasteiger partial charge in [0.05, 0.1) is 25.5 Å². The van der Waals surface area contributed by atoms with E-state index in [0.717, 1.165) is 13.0 Å². The van der Waals surface area contributed by atoms with Gasteiger partial charge in [0.15, 0.2) is 0 Å². The Bertz CT molecular complexity index is 460. The van der Waals surface area contributed by atoms with Gasteiger partial charge in [-0.25, -0.2) is 13.1 Å². The molecule has 96 valence electrons. The first-order chi connectivity index (χ1) is 7.92. The zero-order chi connectivity index (χ0) is 12.9. The van der Waals surface area contributed by atoms with E-state index >= 15 is 0 Å². The van der Waals surface area contributed by atoms with Crippen LogP contribution in [-0.2, 0) is 10.0 Å². The maximum absolute atomic E-state index is 11.9. The first-order valence-corrected chi connectivity index (χ1v) is 7.32. The normalized spacial score (nSPS) is 12.0. The van der Waals surface area contributed by atoms with E-state index in [0.29, 0.717) is 11.6 Å². The van der Waals surface area contributed by atoms with Crippen LogP contribution in [0.1, 0.15) is 6.42 Å². The third kappa shape index (κ3) is 5.04. The standard InChI is InChI=1S/C11H17ClN2O2S/c1-14(2)8-4-7-13-17(15,16)11-6-3-5-10(12)9-11/h3,5-6,9,13H,4,7-8H2,1-2H3/p+1. The lowest BCUT2D eigenvalue weighted by Crippen LogP contribution is -3.05. The second kappa shape index (κ2) is 6.35. The van der Waals surface area contributed by atoms with Crippen molar-refractivity contribution in [2.45, 2.75) is 11.3 Å². The van der Waals surface area contributed by atoms with Crippen molar-refractivity contribution < 1.29 is 13.3 Å². The van der Waals surface area contributed by atoms with Crippen LogP contribution in [0.4, 0.5) is 0 Å². The fraction of sp³-hybridized carbons (Fsp3) is 0.455. The van der Waals surface area contributed by atoms with Crippen molar-refractivity contribution in [3.63, 3.8) is 0 Å². The fourth-order valence-electron chi connectivity index (χ4n) is 1.37. The number of sulfonamides is 1. The zero-order valence-corrected chi connectivity index (χ0v) is 11.6. The second-order valence-corrected chi connectivity index (χ2v) is 6.37. The van der Waals surface area contributed by atoms with Crippen LogP contribution < -0.4 is 9.62 Å². The monoisotopic (exact) mass is 277 g/mol. The molecule has 0 saturated carbocycles. The molecular weight excluding hydrogens is 260 g/mol. The predicted molar refractivity (Wildman–Crippen MR) is 68.9 cm³/mol. The summed E-state index contributed by atoms with van der Waals surface area (Å²) in [5, 5.41) is 0.422. The minimum Gasteiger partial charge on any atom is -0.340 e. The summed E-state index contributed by atoms with van der Waals surface area (Å²) in [4.78, 5) is 1.51. The summed E-state index contributed by atoms with van der Waals surface area (Å²) >= 11 is 5.76. The molecule has 0 aliphatic heterocycles. The highest BCUT2D eigenvalue weighted by atomic mass is 35.5. The molecule has 0 bridgehead atoms.